The molecule has 0 amide bonds. The number of nitrogens with two attached hydrogens (primary N) is 1. The lowest BCUT2D eigenvalue weighted by Crippen LogP contribution is -2.17. The average Bonchev–Trinajstić information content (AvgIpc) is 2.52. The van der Waals surface area contributed by atoms with Crippen LogP contribution in [0.15, 0.2) is 18.2 Å². The van der Waals surface area contributed by atoms with Gasteiger partial charge in [-0.25, -0.2) is 4.79 Å². The molecule has 0 fully saturated rings. The van der Waals surface area contributed by atoms with Crippen molar-refractivity contribution in [3.05, 3.63) is 28.8 Å². The lowest BCUT2D eigenvalue weighted by molar-refractivity contribution is 0.0415. The van der Waals surface area contributed by atoms with Gasteiger partial charge in [-0.05, 0) is 36.5 Å². The van der Waals surface area contributed by atoms with Crippen molar-refractivity contribution in [3.63, 3.8) is 0 Å². The molecule has 2 unspecified atom stereocenters. The molecule has 3 nitrogen and oxygen atoms in total. The van der Waals surface area contributed by atoms with Gasteiger partial charge in [0.1, 0.15) is 0 Å². The summed E-state index contributed by atoms with van der Waals surface area (Å²) in [5, 5.41) is 0.452. The number of ether oxygens (including phenoxy) is 1. The first-order chi connectivity index (χ1) is 10.5. The van der Waals surface area contributed by atoms with Gasteiger partial charge in [-0.15, -0.1) is 0 Å². The third-order valence-corrected chi connectivity index (χ3v) is 4.54. The third-order valence-electron chi connectivity index (χ3n) is 4.20. The minimum Gasteiger partial charge on any atom is -0.462 e. The highest BCUT2D eigenvalue weighted by Gasteiger charge is 2.16. The van der Waals surface area contributed by atoms with Gasteiger partial charge in [-0.3, -0.25) is 0 Å². The van der Waals surface area contributed by atoms with Crippen molar-refractivity contribution >= 4 is 23.3 Å². The Morgan fingerprint density at radius 1 is 1.23 bits per heavy atom. The van der Waals surface area contributed by atoms with Crippen molar-refractivity contribution in [3.8, 4) is 0 Å². The number of benzene rings is 1. The molecule has 0 aromatic heterocycles. The van der Waals surface area contributed by atoms with Gasteiger partial charge in [0.2, 0.25) is 0 Å². The van der Waals surface area contributed by atoms with Crippen LogP contribution in [-0.2, 0) is 4.74 Å². The Morgan fingerprint density at radius 2 is 1.91 bits per heavy atom. The van der Waals surface area contributed by atoms with Gasteiger partial charge in [0.05, 0.1) is 22.9 Å². The summed E-state index contributed by atoms with van der Waals surface area (Å²) in [5.41, 5.74) is 6.57. The van der Waals surface area contributed by atoms with Gasteiger partial charge in [0.15, 0.2) is 0 Å². The Kier molecular flexibility index (Phi) is 8.32. The molecule has 2 N–H and O–H groups in total. The normalized spacial score (nSPS) is 13.6. The standard InChI is InChI=1S/C18H28ClNO2/c1-4-7-13(5-2)10-14(6-3)12-22-18(21)15-8-9-16(19)17(20)11-15/h8-9,11,13-14H,4-7,10,12,20H2,1-3H3. The van der Waals surface area contributed by atoms with E-state index in [1.807, 2.05) is 0 Å². The molecule has 0 saturated carbocycles. The molecule has 1 rings (SSSR count). The fraction of sp³-hybridized carbons (Fsp3) is 0.611. The summed E-state index contributed by atoms with van der Waals surface area (Å²) in [6.45, 7) is 7.07. The van der Waals surface area contributed by atoms with Crippen LogP contribution < -0.4 is 5.73 Å². The zero-order valence-corrected chi connectivity index (χ0v) is 14.7. The van der Waals surface area contributed by atoms with Crippen molar-refractivity contribution in [2.45, 2.75) is 52.9 Å². The maximum atomic E-state index is 12.1. The number of halogens is 1. The van der Waals surface area contributed by atoms with Crippen molar-refractivity contribution in [2.24, 2.45) is 11.8 Å². The van der Waals surface area contributed by atoms with Gasteiger partial charge in [0, 0.05) is 0 Å². The molecule has 4 heteroatoms. The van der Waals surface area contributed by atoms with Crippen LogP contribution >= 0.6 is 11.6 Å². The lowest BCUT2D eigenvalue weighted by atomic mass is 9.88. The zero-order chi connectivity index (χ0) is 16.5. The maximum Gasteiger partial charge on any atom is 0.338 e. The Balaban J connectivity index is 2.54. The lowest BCUT2D eigenvalue weighted by Gasteiger charge is -2.21. The Labute approximate surface area is 139 Å². The molecule has 0 aliphatic carbocycles. The maximum absolute atomic E-state index is 12.1. The summed E-state index contributed by atoms with van der Waals surface area (Å²) in [6.07, 6.45) is 5.78. The molecule has 2 atom stereocenters. The number of carbonyl (C=O) groups is 1. The predicted molar refractivity (Wildman–Crippen MR) is 93.2 cm³/mol. The summed E-state index contributed by atoms with van der Waals surface area (Å²) < 4.78 is 5.46. The average molecular weight is 326 g/mol. The Hall–Kier alpha value is -1.22. The second-order valence-corrected chi connectivity index (χ2v) is 6.31. The highest BCUT2D eigenvalue weighted by molar-refractivity contribution is 6.33. The van der Waals surface area contributed by atoms with Crippen molar-refractivity contribution < 1.29 is 9.53 Å². The number of esters is 1. The smallest absolute Gasteiger partial charge is 0.338 e. The van der Waals surface area contributed by atoms with E-state index in [2.05, 4.69) is 20.8 Å². The van der Waals surface area contributed by atoms with Crippen LogP contribution in [0.2, 0.25) is 5.02 Å². The van der Waals surface area contributed by atoms with Gasteiger partial charge < -0.3 is 10.5 Å². The van der Waals surface area contributed by atoms with Crippen LogP contribution in [0.5, 0.6) is 0 Å². The zero-order valence-electron chi connectivity index (χ0n) is 13.9. The summed E-state index contributed by atoms with van der Waals surface area (Å²) in [6, 6.07) is 4.84. The fourth-order valence-electron chi connectivity index (χ4n) is 2.67. The quantitative estimate of drug-likeness (QED) is 0.493. The van der Waals surface area contributed by atoms with Gasteiger partial charge in [-0.1, -0.05) is 58.1 Å². The van der Waals surface area contributed by atoms with Crippen LogP contribution in [0, 0.1) is 11.8 Å². The van der Waals surface area contributed by atoms with E-state index in [0.717, 1.165) is 18.8 Å². The molecule has 0 aliphatic heterocycles. The van der Waals surface area contributed by atoms with E-state index in [9.17, 15) is 4.79 Å². The molecule has 0 radical (unpaired) electrons. The molecular formula is C18H28ClNO2. The van der Waals surface area contributed by atoms with Crippen LogP contribution in [0.25, 0.3) is 0 Å². The molecular weight excluding hydrogens is 298 g/mol. The number of hydrogen-bond donors (Lipinski definition) is 1. The first-order valence-corrected chi connectivity index (χ1v) is 8.61. The number of anilines is 1. The Bertz CT molecular complexity index is 476. The third kappa shape index (κ3) is 5.88. The van der Waals surface area contributed by atoms with Crippen molar-refractivity contribution in [1.82, 2.24) is 0 Å². The second kappa shape index (κ2) is 9.73. The van der Waals surface area contributed by atoms with Crippen LogP contribution in [0.1, 0.15) is 63.2 Å². The van der Waals surface area contributed by atoms with E-state index in [1.165, 1.54) is 19.3 Å². The van der Waals surface area contributed by atoms with Gasteiger partial charge >= 0.3 is 5.97 Å². The monoisotopic (exact) mass is 325 g/mol. The van der Waals surface area contributed by atoms with Crippen molar-refractivity contribution in [1.29, 1.82) is 0 Å². The number of nitrogen functional groups attached to an aromatic ring is 1. The fourth-order valence-corrected chi connectivity index (χ4v) is 2.79. The van der Waals surface area contributed by atoms with E-state index < -0.39 is 0 Å². The molecule has 1 aromatic carbocycles. The molecule has 0 bridgehead atoms. The van der Waals surface area contributed by atoms with E-state index in [0.29, 0.717) is 28.8 Å². The summed E-state index contributed by atoms with van der Waals surface area (Å²) in [5.74, 6) is 0.815. The molecule has 22 heavy (non-hydrogen) atoms. The van der Waals surface area contributed by atoms with E-state index in [4.69, 9.17) is 22.1 Å². The van der Waals surface area contributed by atoms with E-state index in [1.54, 1.807) is 18.2 Å². The number of rotatable bonds is 9. The highest BCUT2D eigenvalue weighted by Crippen LogP contribution is 2.24. The molecule has 0 aliphatic rings. The summed E-state index contributed by atoms with van der Waals surface area (Å²) in [7, 11) is 0. The number of hydrogen-bond acceptors (Lipinski definition) is 3. The first kappa shape index (κ1) is 18.8. The van der Waals surface area contributed by atoms with E-state index >= 15 is 0 Å². The van der Waals surface area contributed by atoms with Gasteiger partial charge in [-0.2, -0.15) is 0 Å². The van der Waals surface area contributed by atoms with Crippen LogP contribution in [0.4, 0.5) is 5.69 Å². The minimum absolute atomic E-state index is 0.328. The molecule has 1 aromatic rings. The largest absolute Gasteiger partial charge is 0.462 e. The number of carbonyl (C=O) groups excluding carboxylic acids is 1. The second-order valence-electron chi connectivity index (χ2n) is 5.91. The molecule has 0 saturated heterocycles. The van der Waals surface area contributed by atoms with E-state index in [-0.39, 0.29) is 5.97 Å². The van der Waals surface area contributed by atoms with Gasteiger partial charge in [0.25, 0.3) is 0 Å². The van der Waals surface area contributed by atoms with Crippen molar-refractivity contribution in [2.75, 3.05) is 12.3 Å². The minimum atomic E-state index is -0.328. The molecule has 0 spiro atoms. The topological polar surface area (TPSA) is 52.3 Å². The van der Waals surface area contributed by atoms with Crippen LogP contribution in [0.3, 0.4) is 0 Å². The van der Waals surface area contributed by atoms with Crippen LogP contribution in [-0.4, -0.2) is 12.6 Å². The SMILES string of the molecule is CCCC(CC)CC(CC)COC(=O)c1ccc(Cl)c(N)c1. The highest BCUT2D eigenvalue weighted by atomic mass is 35.5. The predicted octanol–water partition coefficient (Wildman–Crippen LogP) is 5.32. The molecule has 124 valence electrons. The summed E-state index contributed by atoms with van der Waals surface area (Å²) in [4.78, 5) is 12.1. The Morgan fingerprint density at radius 3 is 2.45 bits per heavy atom. The molecule has 0 heterocycles. The first-order valence-electron chi connectivity index (χ1n) is 8.23. The summed E-state index contributed by atoms with van der Waals surface area (Å²) >= 11 is 5.86.